The van der Waals surface area contributed by atoms with Gasteiger partial charge in [0, 0.05) is 11.9 Å². The number of aromatic nitrogens is 1. The smallest absolute Gasteiger partial charge is 0.464 e. The maximum Gasteiger partial charge on any atom is 0.492 e. The topological polar surface area (TPSA) is 96.0 Å². The second-order valence-corrected chi connectivity index (χ2v) is 9.18. The molecule has 0 unspecified atom stereocenters. The summed E-state index contributed by atoms with van der Waals surface area (Å²) in [5.41, 5.74) is 0.649. The molecule has 1 aromatic carbocycles. The molecule has 10 heteroatoms. The zero-order valence-corrected chi connectivity index (χ0v) is 19.7. The van der Waals surface area contributed by atoms with E-state index in [2.05, 4.69) is 10.3 Å². The number of hydrogen-bond donors (Lipinski definition) is 1. The van der Waals surface area contributed by atoms with Crippen LogP contribution >= 0.6 is 11.3 Å². The zero-order valence-electron chi connectivity index (χ0n) is 18.8. The highest BCUT2D eigenvalue weighted by Gasteiger charge is 2.52. The summed E-state index contributed by atoms with van der Waals surface area (Å²) in [6.45, 7) is 8.08. The minimum absolute atomic E-state index is 0.123. The Hall–Kier alpha value is -2.69. The number of thiazole rings is 1. The minimum Gasteiger partial charge on any atom is -0.464 e. The summed E-state index contributed by atoms with van der Waals surface area (Å²) >= 11 is 1.28. The molecule has 1 saturated heterocycles. The monoisotopic (exact) mass is 458 g/mol. The van der Waals surface area contributed by atoms with Crippen molar-refractivity contribution in [1.82, 2.24) is 10.3 Å². The van der Waals surface area contributed by atoms with Crippen molar-refractivity contribution >= 4 is 36.6 Å². The van der Waals surface area contributed by atoms with Crippen LogP contribution in [0.25, 0.3) is 6.08 Å². The summed E-state index contributed by atoms with van der Waals surface area (Å²) in [7, 11) is 0.609. The van der Waals surface area contributed by atoms with E-state index in [0.717, 1.165) is 5.56 Å². The number of rotatable bonds is 7. The lowest BCUT2D eigenvalue weighted by Gasteiger charge is -2.32. The SMILES string of the molecule is COC(=O)c1csc(C=C(CNC(=O)OCc2ccccc2)B2OC(C)(C)C(C)(C)O2)n1. The van der Waals surface area contributed by atoms with Crippen LogP contribution in [0.15, 0.2) is 41.2 Å². The van der Waals surface area contributed by atoms with E-state index >= 15 is 0 Å². The first-order chi connectivity index (χ1) is 15.1. The quantitative estimate of drug-likeness (QED) is 0.497. The largest absolute Gasteiger partial charge is 0.492 e. The number of benzene rings is 1. The molecular weight excluding hydrogens is 431 g/mol. The lowest BCUT2D eigenvalue weighted by Crippen LogP contribution is -2.41. The highest BCUT2D eigenvalue weighted by molar-refractivity contribution is 7.10. The van der Waals surface area contributed by atoms with Gasteiger partial charge in [-0.1, -0.05) is 30.3 Å². The molecule has 1 aliphatic rings. The third-order valence-corrected chi connectivity index (χ3v) is 6.22. The molecule has 32 heavy (non-hydrogen) atoms. The zero-order chi connectivity index (χ0) is 23.4. The lowest BCUT2D eigenvalue weighted by atomic mass is 9.77. The van der Waals surface area contributed by atoms with Gasteiger partial charge in [0.2, 0.25) is 0 Å². The number of carbonyl (C=O) groups is 2. The van der Waals surface area contributed by atoms with Crippen LogP contribution in [0.4, 0.5) is 4.79 Å². The first kappa shape index (κ1) is 24.0. The van der Waals surface area contributed by atoms with Gasteiger partial charge in [0.15, 0.2) is 5.69 Å². The molecule has 2 aromatic rings. The maximum absolute atomic E-state index is 12.3. The number of amides is 1. The van der Waals surface area contributed by atoms with E-state index in [1.807, 2.05) is 58.0 Å². The minimum atomic E-state index is -0.695. The van der Waals surface area contributed by atoms with Crippen molar-refractivity contribution in [2.45, 2.75) is 45.5 Å². The fourth-order valence-electron chi connectivity index (χ4n) is 2.86. The molecule has 0 spiro atoms. The molecule has 0 saturated carbocycles. The normalized spacial score (nSPS) is 17.2. The number of nitrogens with one attached hydrogen (secondary N) is 1. The van der Waals surface area contributed by atoms with E-state index < -0.39 is 30.4 Å². The maximum atomic E-state index is 12.3. The highest BCUT2D eigenvalue weighted by Crippen LogP contribution is 2.38. The predicted molar refractivity (Wildman–Crippen MR) is 122 cm³/mol. The van der Waals surface area contributed by atoms with E-state index in [-0.39, 0.29) is 18.8 Å². The van der Waals surface area contributed by atoms with Crippen LogP contribution in [-0.4, -0.2) is 49.0 Å². The lowest BCUT2D eigenvalue weighted by molar-refractivity contribution is 0.00578. The molecule has 1 fully saturated rings. The Morgan fingerprint density at radius 3 is 2.44 bits per heavy atom. The van der Waals surface area contributed by atoms with E-state index in [0.29, 0.717) is 10.5 Å². The molecule has 0 atom stereocenters. The number of carbonyl (C=O) groups excluding carboxylic acids is 2. The fourth-order valence-corrected chi connectivity index (χ4v) is 3.61. The Morgan fingerprint density at radius 2 is 1.81 bits per heavy atom. The van der Waals surface area contributed by atoms with Gasteiger partial charge < -0.3 is 24.1 Å². The van der Waals surface area contributed by atoms with Crippen LogP contribution in [0.5, 0.6) is 0 Å². The number of esters is 1. The number of methoxy groups -OCH3 is 1. The summed E-state index contributed by atoms with van der Waals surface area (Å²) < 4.78 is 22.3. The Balaban J connectivity index is 1.73. The number of ether oxygens (including phenoxy) is 2. The summed E-state index contributed by atoms with van der Waals surface area (Å²) in [4.78, 5) is 28.3. The van der Waals surface area contributed by atoms with Crippen LogP contribution in [-0.2, 0) is 25.4 Å². The van der Waals surface area contributed by atoms with Crippen molar-refractivity contribution in [1.29, 1.82) is 0 Å². The van der Waals surface area contributed by atoms with Crippen molar-refractivity contribution in [3.05, 3.63) is 57.4 Å². The molecule has 0 bridgehead atoms. The fraction of sp³-hybridized carbons (Fsp3) is 0.409. The Labute approximate surface area is 192 Å². The molecule has 1 aromatic heterocycles. The third-order valence-electron chi connectivity index (χ3n) is 5.43. The third kappa shape index (κ3) is 5.76. The second kappa shape index (κ2) is 9.85. The van der Waals surface area contributed by atoms with Gasteiger partial charge in [-0.05, 0) is 44.8 Å². The van der Waals surface area contributed by atoms with Gasteiger partial charge in [0.25, 0.3) is 0 Å². The van der Waals surface area contributed by atoms with Crippen LogP contribution in [0.3, 0.4) is 0 Å². The van der Waals surface area contributed by atoms with Crippen LogP contribution in [0, 0.1) is 0 Å². The Bertz CT molecular complexity index is 973. The highest BCUT2D eigenvalue weighted by atomic mass is 32.1. The van der Waals surface area contributed by atoms with Gasteiger partial charge in [-0.15, -0.1) is 11.3 Å². The predicted octanol–water partition coefficient (Wildman–Crippen LogP) is 3.87. The van der Waals surface area contributed by atoms with E-state index in [4.69, 9.17) is 18.8 Å². The molecule has 2 heterocycles. The van der Waals surface area contributed by atoms with Gasteiger partial charge >= 0.3 is 19.2 Å². The van der Waals surface area contributed by atoms with Crippen molar-refractivity contribution < 1.29 is 28.4 Å². The summed E-state index contributed by atoms with van der Waals surface area (Å²) in [5.74, 6) is -0.513. The van der Waals surface area contributed by atoms with Gasteiger partial charge in [-0.2, -0.15) is 0 Å². The molecule has 1 aliphatic heterocycles. The second-order valence-electron chi connectivity index (χ2n) is 8.29. The number of nitrogens with zero attached hydrogens (tertiary/aromatic N) is 1. The van der Waals surface area contributed by atoms with E-state index in [1.54, 1.807) is 11.5 Å². The summed E-state index contributed by atoms with van der Waals surface area (Å²) in [6.07, 6.45) is 1.18. The Kier molecular flexibility index (Phi) is 7.38. The molecule has 0 aliphatic carbocycles. The molecule has 3 rings (SSSR count). The van der Waals surface area contributed by atoms with Crippen LogP contribution in [0.1, 0.15) is 48.8 Å². The van der Waals surface area contributed by atoms with Crippen molar-refractivity contribution in [2.24, 2.45) is 0 Å². The first-order valence-electron chi connectivity index (χ1n) is 10.2. The Morgan fingerprint density at radius 1 is 1.16 bits per heavy atom. The average molecular weight is 458 g/mol. The van der Waals surface area contributed by atoms with Gasteiger partial charge in [0.05, 0.1) is 18.3 Å². The van der Waals surface area contributed by atoms with Gasteiger partial charge in [-0.25, -0.2) is 14.6 Å². The van der Waals surface area contributed by atoms with Crippen molar-refractivity contribution in [2.75, 3.05) is 13.7 Å². The standard InChI is InChI=1S/C22H27BN2O6S/c1-21(2)22(3,4)31-23(30-21)16(11-18-25-17(14-32-18)19(26)28-5)12-24-20(27)29-13-15-9-7-6-8-10-15/h6-11,14H,12-13H2,1-5H3,(H,24,27). The summed E-state index contributed by atoms with van der Waals surface area (Å²) in [5, 5.41) is 4.92. The van der Waals surface area contributed by atoms with Crippen molar-refractivity contribution in [3.8, 4) is 0 Å². The average Bonchev–Trinajstić information content (AvgIpc) is 3.31. The van der Waals surface area contributed by atoms with Crippen LogP contribution < -0.4 is 5.32 Å². The molecule has 1 amide bonds. The first-order valence-corrected chi connectivity index (χ1v) is 11.0. The van der Waals surface area contributed by atoms with Gasteiger partial charge in [0.1, 0.15) is 11.6 Å². The van der Waals surface area contributed by atoms with E-state index in [1.165, 1.54) is 18.4 Å². The molecule has 170 valence electrons. The molecular formula is C22H27BN2O6S. The molecule has 0 radical (unpaired) electrons. The van der Waals surface area contributed by atoms with Crippen LogP contribution in [0.2, 0.25) is 0 Å². The van der Waals surface area contributed by atoms with E-state index in [9.17, 15) is 9.59 Å². The molecule has 1 N–H and O–H groups in total. The molecule has 8 nitrogen and oxygen atoms in total. The number of hydrogen-bond acceptors (Lipinski definition) is 8. The van der Waals surface area contributed by atoms with Gasteiger partial charge in [-0.3, -0.25) is 0 Å². The number of alkyl carbamates (subject to hydrolysis) is 1. The summed E-state index contributed by atoms with van der Waals surface area (Å²) in [6, 6.07) is 9.42. The van der Waals surface area contributed by atoms with Crippen molar-refractivity contribution in [3.63, 3.8) is 0 Å².